The number of amides is 2. The van der Waals surface area contributed by atoms with Crippen LogP contribution >= 0.6 is 15.9 Å². The number of aromatic nitrogens is 1. The van der Waals surface area contributed by atoms with Gasteiger partial charge in [-0.1, -0.05) is 0 Å². The van der Waals surface area contributed by atoms with Crippen LogP contribution in [-0.4, -0.2) is 76.9 Å². The van der Waals surface area contributed by atoms with Crippen LogP contribution in [0.15, 0.2) is 16.7 Å². The minimum atomic E-state index is 0.0604. The maximum absolute atomic E-state index is 12.6. The lowest BCUT2D eigenvalue weighted by Gasteiger charge is -2.36. The lowest BCUT2D eigenvalue weighted by atomic mass is 10.1. The Morgan fingerprint density at radius 1 is 1.00 bits per heavy atom. The molecule has 0 spiro atoms. The van der Waals surface area contributed by atoms with E-state index >= 15 is 0 Å². The smallest absolute Gasteiger partial charge is 0.270 e. The molecule has 0 aromatic carbocycles. The van der Waals surface area contributed by atoms with Gasteiger partial charge in [-0.3, -0.25) is 14.5 Å². The van der Waals surface area contributed by atoms with Gasteiger partial charge < -0.3 is 14.4 Å². The fourth-order valence-corrected chi connectivity index (χ4v) is 3.97. The van der Waals surface area contributed by atoms with Gasteiger partial charge in [0.1, 0.15) is 5.69 Å². The summed E-state index contributed by atoms with van der Waals surface area (Å²) in [6.07, 6.45) is 5.38. The van der Waals surface area contributed by atoms with Crippen molar-refractivity contribution in [3.63, 3.8) is 0 Å². The predicted molar refractivity (Wildman–Crippen MR) is 95.9 cm³/mol. The highest BCUT2D eigenvalue weighted by Gasteiger charge is 2.26. The Balaban J connectivity index is 1.49. The second-order valence-corrected chi connectivity index (χ2v) is 7.58. The van der Waals surface area contributed by atoms with Crippen molar-refractivity contribution in [3.8, 4) is 0 Å². The van der Waals surface area contributed by atoms with Crippen LogP contribution in [0.3, 0.4) is 0 Å². The Bertz CT molecular complexity index is 602. The molecule has 2 amide bonds. The number of hydrogen-bond donors (Lipinski definition) is 0. The lowest BCUT2D eigenvalue weighted by molar-refractivity contribution is -0.133. The molecule has 3 rings (SSSR count). The number of halogens is 1. The first-order valence-electron chi connectivity index (χ1n) is 8.66. The highest BCUT2D eigenvalue weighted by Crippen LogP contribution is 2.16. The third kappa shape index (κ3) is 4.00. The summed E-state index contributed by atoms with van der Waals surface area (Å²) in [4.78, 5) is 31.0. The van der Waals surface area contributed by atoms with Crippen molar-refractivity contribution in [1.29, 1.82) is 0 Å². The average Bonchev–Trinajstić information content (AvgIpc) is 2.94. The van der Waals surface area contributed by atoms with Crippen LogP contribution in [0, 0.1) is 0 Å². The number of nitrogens with zero attached hydrogens (tertiary/aromatic N) is 4. The van der Waals surface area contributed by atoms with E-state index in [4.69, 9.17) is 0 Å². The first-order chi connectivity index (χ1) is 11.5. The van der Waals surface area contributed by atoms with E-state index < -0.39 is 0 Å². The van der Waals surface area contributed by atoms with Crippen molar-refractivity contribution in [1.82, 2.24) is 19.3 Å². The molecule has 3 heterocycles. The Hall–Kier alpha value is -1.34. The number of carbonyl (C=O) groups excluding carboxylic acids is 2. The summed E-state index contributed by atoms with van der Waals surface area (Å²) in [5, 5.41) is 0. The van der Waals surface area contributed by atoms with E-state index in [9.17, 15) is 9.59 Å². The van der Waals surface area contributed by atoms with Crippen LogP contribution < -0.4 is 0 Å². The largest absolute Gasteiger partial charge is 0.345 e. The third-order valence-corrected chi connectivity index (χ3v) is 5.35. The van der Waals surface area contributed by atoms with Crippen molar-refractivity contribution in [3.05, 3.63) is 22.4 Å². The number of likely N-dealkylation sites (tertiary alicyclic amines) is 1. The molecule has 0 radical (unpaired) electrons. The predicted octanol–water partition coefficient (Wildman–Crippen LogP) is 1.56. The number of aryl methyl sites for hydroxylation is 1. The molecular formula is C17H25BrN4O2. The van der Waals surface area contributed by atoms with Gasteiger partial charge in [-0.15, -0.1) is 0 Å². The molecule has 24 heavy (non-hydrogen) atoms. The standard InChI is InChI=1S/C17H25BrN4O2/c1-19-12-14(18)11-15(19)17(24)22-9-7-20(8-10-22)13-16(23)21-5-3-2-4-6-21/h11-12H,2-10,13H2,1H3. The molecule has 0 unspecified atom stereocenters. The molecule has 1 aromatic rings. The number of piperidine rings is 1. The van der Waals surface area contributed by atoms with Gasteiger partial charge >= 0.3 is 0 Å². The molecule has 7 heteroatoms. The van der Waals surface area contributed by atoms with E-state index in [-0.39, 0.29) is 11.8 Å². The number of piperazine rings is 1. The van der Waals surface area contributed by atoms with Gasteiger partial charge in [0, 0.05) is 57.0 Å². The SMILES string of the molecule is Cn1cc(Br)cc1C(=O)N1CCN(CC(=O)N2CCCCC2)CC1. The van der Waals surface area contributed by atoms with Crippen molar-refractivity contribution in [2.45, 2.75) is 19.3 Å². The van der Waals surface area contributed by atoms with Crippen molar-refractivity contribution in [2.24, 2.45) is 7.05 Å². The Morgan fingerprint density at radius 2 is 1.67 bits per heavy atom. The van der Waals surface area contributed by atoms with E-state index in [2.05, 4.69) is 20.8 Å². The molecule has 1 aromatic heterocycles. The zero-order chi connectivity index (χ0) is 17.1. The van der Waals surface area contributed by atoms with E-state index in [1.165, 1.54) is 6.42 Å². The summed E-state index contributed by atoms with van der Waals surface area (Å²) in [5.74, 6) is 0.297. The number of hydrogen-bond acceptors (Lipinski definition) is 3. The highest BCUT2D eigenvalue weighted by atomic mass is 79.9. The second kappa shape index (κ2) is 7.70. The number of rotatable bonds is 3. The van der Waals surface area contributed by atoms with Crippen molar-refractivity contribution < 1.29 is 9.59 Å². The lowest BCUT2D eigenvalue weighted by Crippen LogP contribution is -2.52. The average molecular weight is 397 g/mol. The zero-order valence-electron chi connectivity index (χ0n) is 14.2. The quantitative estimate of drug-likeness (QED) is 0.778. The first-order valence-corrected chi connectivity index (χ1v) is 9.45. The van der Waals surface area contributed by atoms with E-state index in [1.807, 2.05) is 33.7 Å². The van der Waals surface area contributed by atoms with Gasteiger partial charge in [0.25, 0.3) is 5.91 Å². The summed E-state index contributed by atoms with van der Waals surface area (Å²) in [5.41, 5.74) is 0.694. The van der Waals surface area contributed by atoms with Gasteiger partial charge in [-0.2, -0.15) is 0 Å². The Morgan fingerprint density at radius 3 is 2.25 bits per heavy atom. The summed E-state index contributed by atoms with van der Waals surface area (Å²) in [6, 6.07) is 1.86. The van der Waals surface area contributed by atoms with Gasteiger partial charge in [-0.05, 0) is 41.3 Å². The fourth-order valence-electron chi connectivity index (χ4n) is 3.44. The van der Waals surface area contributed by atoms with E-state index in [1.54, 1.807) is 0 Å². The molecule has 2 aliphatic heterocycles. The van der Waals surface area contributed by atoms with Crippen LogP contribution in [0.25, 0.3) is 0 Å². The topological polar surface area (TPSA) is 48.8 Å². The van der Waals surface area contributed by atoms with Crippen molar-refractivity contribution in [2.75, 3.05) is 45.8 Å². The molecule has 6 nitrogen and oxygen atoms in total. The number of carbonyl (C=O) groups is 2. The monoisotopic (exact) mass is 396 g/mol. The summed E-state index contributed by atoms with van der Waals surface area (Å²) < 4.78 is 2.76. The van der Waals surface area contributed by atoms with Gasteiger partial charge in [0.05, 0.1) is 6.54 Å². The van der Waals surface area contributed by atoms with Gasteiger partial charge in [-0.25, -0.2) is 0 Å². The van der Waals surface area contributed by atoms with E-state index in [0.29, 0.717) is 25.3 Å². The van der Waals surface area contributed by atoms with Crippen LogP contribution in [0.1, 0.15) is 29.8 Å². The van der Waals surface area contributed by atoms with Gasteiger partial charge in [0.2, 0.25) is 5.91 Å². The molecule has 0 atom stereocenters. The Kier molecular flexibility index (Phi) is 5.61. The molecule has 0 N–H and O–H groups in total. The molecular weight excluding hydrogens is 372 g/mol. The molecule has 0 aliphatic carbocycles. The molecule has 132 valence electrons. The Labute approximate surface area is 151 Å². The van der Waals surface area contributed by atoms with Crippen LogP contribution in [0.4, 0.5) is 0 Å². The van der Waals surface area contributed by atoms with Crippen LogP contribution in [0.2, 0.25) is 0 Å². The maximum Gasteiger partial charge on any atom is 0.270 e. The second-order valence-electron chi connectivity index (χ2n) is 6.66. The zero-order valence-corrected chi connectivity index (χ0v) is 15.8. The minimum Gasteiger partial charge on any atom is -0.345 e. The first kappa shape index (κ1) is 17.5. The normalized spacial score (nSPS) is 19.6. The van der Waals surface area contributed by atoms with E-state index in [0.717, 1.165) is 43.5 Å². The van der Waals surface area contributed by atoms with Crippen LogP contribution in [0.5, 0.6) is 0 Å². The maximum atomic E-state index is 12.6. The van der Waals surface area contributed by atoms with Gasteiger partial charge in [0.15, 0.2) is 0 Å². The summed E-state index contributed by atoms with van der Waals surface area (Å²) in [7, 11) is 1.88. The van der Waals surface area contributed by atoms with Crippen LogP contribution in [-0.2, 0) is 11.8 Å². The molecule has 0 saturated carbocycles. The summed E-state index contributed by atoms with van der Waals surface area (Å²) in [6.45, 7) is 5.16. The molecule has 2 aliphatic rings. The minimum absolute atomic E-state index is 0.0604. The third-order valence-electron chi connectivity index (χ3n) is 4.92. The fraction of sp³-hybridized carbons (Fsp3) is 0.647. The molecule has 2 saturated heterocycles. The molecule has 2 fully saturated rings. The molecule has 0 bridgehead atoms. The van der Waals surface area contributed by atoms with Crippen molar-refractivity contribution >= 4 is 27.7 Å². The summed E-state index contributed by atoms with van der Waals surface area (Å²) >= 11 is 3.41. The highest BCUT2D eigenvalue weighted by molar-refractivity contribution is 9.10.